The van der Waals surface area contributed by atoms with Gasteiger partial charge < -0.3 is 5.11 Å². The number of carbonyl (C=O) groups is 1. The molecule has 0 atom stereocenters. The summed E-state index contributed by atoms with van der Waals surface area (Å²) in [6, 6.07) is 16.9. The van der Waals surface area contributed by atoms with E-state index >= 15 is 0 Å². The van der Waals surface area contributed by atoms with Crippen molar-refractivity contribution in [3.8, 4) is 5.75 Å². The van der Waals surface area contributed by atoms with Crippen molar-refractivity contribution in [2.24, 2.45) is 5.10 Å². The van der Waals surface area contributed by atoms with Crippen LogP contribution in [0.4, 0.5) is 0 Å². The summed E-state index contributed by atoms with van der Waals surface area (Å²) in [7, 11) is 0. The molecule has 0 radical (unpaired) electrons. The summed E-state index contributed by atoms with van der Waals surface area (Å²) in [5, 5.41) is 21.7. The number of thioether (sulfide) groups is 2. The van der Waals surface area contributed by atoms with E-state index in [2.05, 4.69) is 32.9 Å². The fourth-order valence-corrected chi connectivity index (χ4v) is 4.73. The highest BCUT2D eigenvalue weighted by atomic mass is 32.2. The van der Waals surface area contributed by atoms with E-state index in [4.69, 9.17) is 0 Å². The molecule has 27 heavy (non-hydrogen) atoms. The van der Waals surface area contributed by atoms with Gasteiger partial charge in [0.05, 0.1) is 12.0 Å². The number of hydrogen-bond donors (Lipinski definition) is 2. The van der Waals surface area contributed by atoms with Crippen molar-refractivity contribution in [3.05, 3.63) is 65.7 Å². The molecule has 0 aliphatic rings. The SMILES string of the molecule is O=C(CSc1nnc(SCc2ccccc2)s1)NN=Cc1ccccc1O. The van der Waals surface area contributed by atoms with Gasteiger partial charge in [0.25, 0.3) is 5.91 Å². The van der Waals surface area contributed by atoms with Crippen LogP contribution in [0.5, 0.6) is 5.75 Å². The van der Waals surface area contributed by atoms with Crippen molar-refractivity contribution in [3.63, 3.8) is 0 Å². The summed E-state index contributed by atoms with van der Waals surface area (Å²) in [6.07, 6.45) is 1.40. The number of nitrogens with zero attached hydrogens (tertiary/aromatic N) is 3. The Bertz CT molecular complexity index is 916. The lowest BCUT2D eigenvalue weighted by atomic mass is 10.2. The second kappa shape index (κ2) is 10.1. The first-order chi connectivity index (χ1) is 13.2. The Kier molecular flexibility index (Phi) is 7.26. The standard InChI is InChI=1S/C18H16N4O2S3/c23-15-9-5-4-8-14(15)10-19-20-16(24)12-26-18-22-21-17(27-18)25-11-13-6-2-1-3-7-13/h1-10,23H,11-12H2,(H,20,24). The van der Waals surface area contributed by atoms with Crippen LogP contribution in [0.15, 0.2) is 68.4 Å². The number of nitrogens with one attached hydrogen (secondary N) is 1. The Labute approximate surface area is 169 Å². The van der Waals surface area contributed by atoms with E-state index in [-0.39, 0.29) is 17.4 Å². The van der Waals surface area contributed by atoms with Crippen LogP contribution in [0.2, 0.25) is 0 Å². The average molecular weight is 417 g/mol. The molecule has 0 saturated carbocycles. The van der Waals surface area contributed by atoms with E-state index < -0.39 is 0 Å². The lowest BCUT2D eigenvalue weighted by Crippen LogP contribution is -2.19. The van der Waals surface area contributed by atoms with Gasteiger partial charge in [-0.15, -0.1) is 10.2 Å². The number of phenols is 1. The van der Waals surface area contributed by atoms with Gasteiger partial charge in [-0.05, 0) is 17.7 Å². The molecule has 1 heterocycles. The quantitative estimate of drug-likeness (QED) is 0.330. The predicted octanol–water partition coefficient (Wildman–Crippen LogP) is 3.78. The zero-order chi connectivity index (χ0) is 18.9. The maximum absolute atomic E-state index is 11.9. The molecule has 2 aromatic carbocycles. The minimum Gasteiger partial charge on any atom is -0.507 e. The van der Waals surface area contributed by atoms with Crippen LogP contribution in [0.25, 0.3) is 0 Å². The Morgan fingerprint density at radius 2 is 1.78 bits per heavy atom. The van der Waals surface area contributed by atoms with Crippen LogP contribution in [0, 0.1) is 0 Å². The van der Waals surface area contributed by atoms with Crippen molar-refractivity contribution >= 4 is 47.0 Å². The average Bonchev–Trinajstić information content (AvgIpc) is 3.15. The minimum atomic E-state index is -0.250. The monoisotopic (exact) mass is 416 g/mol. The van der Waals surface area contributed by atoms with Gasteiger partial charge in [-0.2, -0.15) is 5.10 Å². The molecule has 6 nitrogen and oxygen atoms in total. The Hall–Kier alpha value is -2.36. The number of hydrogen-bond acceptors (Lipinski definition) is 8. The summed E-state index contributed by atoms with van der Waals surface area (Å²) < 4.78 is 1.62. The minimum absolute atomic E-state index is 0.110. The number of carbonyl (C=O) groups excluding carboxylic acids is 1. The third-order valence-electron chi connectivity index (χ3n) is 3.25. The molecule has 0 aliphatic heterocycles. The van der Waals surface area contributed by atoms with Gasteiger partial charge in [-0.3, -0.25) is 4.79 Å². The van der Waals surface area contributed by atoms with Gasteiger partial charge >= 0.3 is 0 Å². The molecule has 0 saturated heterocycles. The number of amides is 1. The topological polar surface area (TPSA) is 87.5 Å². The molecule has 0 aliphatic carbocycles. The third kappa shape index (κ3) is 6.38. The molecule has 2 N–H and O–H groups in total. The molecular weight excluding hydrogens is 400 g/mol. The first kappa shape index (κ1) is 19.4. The van der Waals surface area contributed by atoms with Gasteiger partial charge in [0.1, 0.15) is 5.75 Å². The zero-order valence-corrected chi connectivity index (χ0v) is 16.6. The predicted molar refractivity (Wildman–Crippen MR) is 110 cm³/mol. The number of aromatic nitrogens is 2. The van der Waals surface area contributed by atoms with E-state index in [0.717, 1.165) is 14.4 Å². The van der Waals surface area contributed by atoms with Crippen LogP contribution in [0.1, 0.15) is 11.1 Å². The number of aromatic hydroxyl groups is 1. The highest BCUT2D eigenvalue weighted by Crippen LogP contribution is 2.30. The smallest absolute Gasteiger partial charge is 0.250 e. The van der Waals surface area contributed by atoms with E-state index in [9.17, 15) is 9.90 Å². The van der Waals surface area contributed by atoms with Crippen molar-refractivity contribution in [2.75, 3.05) is 5.75 Å². The number of benzene rings is 2. The molecule has 0 fully saturated rings. The normalized spacial score (nSPS) is 11.0. The molecule has 3 aromatic rings. The summed E-state index contributed by atoms with van der Waals surface area (Å²) in [5.41, 5.74) is 4.20. The number of hydrazone groups is 1. The van der Waals surface area contributed by atoms with Crippen molar-refractivity contribution in [1.82, 2.24) is 15.6 Å². The zero-order valence-electron chi connectivity index (χ0n) is 14.1. The second-order valence-electron chi connectivity index (χ2n) is 5.25. The van der Waals surface area contributed by atoms with E-state index in [1.165, 1.54) is 34.9 Å². The summed E-state index contributed by atoms with van der Waals surface area (Å²) in [4.78, 5) is 11.9. The van der Waals surface area contributed by atoms with Gasteiger partial charge in [0.15, 0.2) is 8.68 Å². The molecule has 0 spiro atoms. The van der Waals surface area contributed by atoms with Crippen LogP contribution in [0.3, 0.4) is 0 Å². The molecule has 3 rings (SSSR count). The second-order valence-corrected chi connectivity index (χ2v) is 8.67. The van der Waals surface area contributed by atoms with E-state index in [1.807, 2.05) is 18.2 Å². The van der Waals surface area contributed by atoms with Gasteiger partial charge in [0, 0.05) is 11.3 Å². The Morgan fingerprint density at radius 1 is 1.07 bits per heavy atom. The highest BCUT2D eigenvalue weighted by molar-refractivity contribution is 8.03. The van der Waals surface area contributed by atoms with Crippen molar-refractivity contribution in [2.45, 2.75) is 14.4 Å². The molecular formula is C18H16N4O2S3. The first-order valence-corrected chi connectivity index (χ1v) is 10.7. The lowest BCUT2D eigenvalue weighted by molar-refractivity contribution is -0.118. The van der Waals surface area contributed by atoms with Gasteiger partial charge in [0.2, 0.25) is 0 Å². The molecule has 0 unspecified atom stereocenters. The van der Waals surface area contributed by atoms with Crippen molar-refractivity contribution in [1.29, 1.82) is 0 Å². The van der Waals surface area contributed by atoms with Crippen LogP contribution in [-0.2, 0) is 10.5 Å². The first-order valence-electron chi connectivity index (χ1n) is 7.93. The molecule has 1 aromatic heterocycles. The third-order valence-corrected chi connectivity index (χ3v) is 6.51. The molecule has 138 valence electrons. The van der Waals surface area contributed by atoms with Crippen LogP contribution in [-0.4, -0.2) is 33.2 Å². The Morgan fingerprint density at radius 3 is 2.56 bits per heavy atom. The highest BCUT2D eigenvalue weighted by Gasteiger charge is 2.08. The summed E-state index contributed by atoms with van der Waals surface area (Å²) >= 11 is 4.41. The molecule has 9 heteroatoms. The van der Waals surface area contributed by atoms with Crippen LogP contribution < -0.4 is 5.43 Å². The maximum atomic E-state index is 11.9. The number of phenolic OH excluding ortho intramolecular Hbond substituents is 1. The lowest BCUT2D eigenvalue weighted by Gasteiger charge is -1.99. The van der Waals surface area contributed by atoms with Gasteiger partial charge in [-0.25, -0.2) is 5.43 Å². The molecule has 0 bridgehead atoms. The fourth-order valence-electron chi connectivity index (χ4n) is 1.96. The van der Waals surface area contributed by atoms with E-state index in [1.54, 1.807) is 36.0 Å². The fraction of sp³-hybridized carbons (Fsp3) is 0.111. The summed E-state index contributed by atoms with van der Waals surface area (Å²) in [5.74, 6) is 0.886. The maximum Gasteiger partial charge on any atom is 0.250 e. The summed E-state index contributed by atoms with van der Waals surface area (Å²) in [6.45, 7) is 0. The largest absolute Gasteiger partial charge is 0.507 e. The molecule has 1 amide bonds. The Balaban J connectivity index is 1.41. The van der Waals surface area contributed by atoms with Crippen molar-refractivity contribution < 1.29 is 9.90 Å². The number of rotatable bonds is 8. The van der Waals surface area contributed by atoms with Gasteiger partial charge in [-0.1, -0.05) is 77.3 Å². The van der Waals surface area contributed by atoms with Crippen LogP contribution >= 0.6 is 34.9 Å². The number of para-hydroxylation sites is 1. The van der Waals surface area contributed by atoms with E-state index in [0.29, 0.717) is 5.56 Å².